The lowest BCUT2D eigenvalue weighted by Gasteiger charge is -2.36. The van der Waals surface area contributed by atoms with Crippen molar-refractivity contribution in [1.82, 2.24) is 25.7 Å². The number of piperazine rings is 1. The zero-order chi connectivity index (χ0) is 31.9. The molecule has 0 aliphatic carbocycles. The number of carbonyl (C=O) groups is 2. The second-order valence-electron chi connectivity index (χ2n) is 11.1. The lowest BCUT2D eigenvalue weighted by molar-refractivity contribution is -0.136. The number of urea groups is 1. The van der Waals surface area contributed by atoms with Gasteiger partial charge in [-0.1, -0.05) is 29.4 Å². The summed E-state index contributed by atoms with van der Waals surface area (Å²) >= 11 is 0. The Balaban J connectivity index is 0.00000480. The molecule has 0 bridgehead atoms. The highest BCUT2D eigenvalue weighted by Gasteiger charge is 2.37. The Hall–Kier alpha value is -4.55. The van der Waals surface area contributed by atoms with E-state index in [-0.39, 0.29) is 18.4 Å². The van der Waals surface area contributed by atoms with Gasteiger partial charge in [0.15, 0.2) is 5.82 Å². The number of rotatable bonds is 10. The molecule has 1 atom stereocenters. The predicted molar refractivity (Wildman–Crippen MR) is 179 cm³/mol. The number of ether oxygens (including phenoxy) is 2. The van der Waals surface area contributed by atoms with Gasteiger partial charge in [0.05, 0.1) is 31.4 Å². The molecule has 2 aromatic carbocycles. The van der Waals surface area contributed by atoms with Gasteiger partial charge in [-0.15, -0.1) is 12.4 Å². The third kappa shape index (κ3) is 7.80. The monoisotopic (exact) mass is 651 g/mol. The first kappa shape index (κ1) is 34.3. The lowest BCUT2D eigenvalue weighted by atomic mass is 9.80. The molecule has 1 unspecified atom stereocenters. The lowest BCUT2D eigenvalue weighted by Crippen LogP contribution is -2.47. The number of aryl methyl sites for hydroxylation is 1. The minimum atomic E-state index is -0.549. The van der Waals surface area contributed by atoms with Gasteiger partial charge >= 0.3 is 12.0 Å². The fourth-order valence-electron chi connectivity index (χ4n) is 5.98. The van der Waals surface area contributed by atoms with Gasteiger partial charge < -0.3 is 34.8 Å². The Morgan fingerprint density at radius 1 is 1.02 bits per heavy atom. The molecule has 2 aliphatic heterocycles. The van der Waals surface area contributed by atoms with Crippen molar-refractivity contribution in [3.05, 3.63) is 82.8 Å². The number of esters is 1. The Morgan fingerprint density at radius 3 is 2.48 bits per heavy atom. The SMILES string of the molecule is COC(=O)C1=C(C)NC(C)=C(c2nc(C)no2)C1c1cccc(NC(=O)NCCCN2CCN(c3ccccc3OC)CC2)c1.Cl. The molecular formula is C33H42ClN7O5. The second-order valence-corrected chi connectivity index (χ2v) is 11.1. The molecule has 3 aromatic rings. The van der Waals surface area contributed by atoms with Crippen molar-refractivity contribution in [1.29, 1.82) is 0 Å². The van der Waals surface area contributed by atoms with E-state index >= 15 is 0 Å². The summed E-state index contributed by atoms with van der Waals surface area (Å²) in [7, 11) is 3.06. The van der Waals surface area contributed by atoms with E-state index in [4.69, 9.17) is 14.0 Å². The number of nitrogens with one attached hydrogen (secondary N) is 3. The summed E-state index contributed by atoms with van der Waals surface area (Å²) in [5.74, 6) is 0.674. The summed E-state index contributed by atoms with van der Waals surface area (Å²) in [6.07, 6.45) is 0.834. The van der Waals surface area contributed by atoms with Gasteiger partial charge in [0.1, 0.15) is 5.75 Å². The largest absolute Gasteiger partial charge is 0.495 e. The fraction of sp³-hybridized carbons (Fsp3) is 0.394. The predicted octanol–water partition coefficient (Wildman–Crippen LogP) is 4.71. The molecule has 12 nitrogen and oxygen atoms in total. The molecule has 1 fully saturated rings. The molecule has 3 N–H and O–H groups in total. The van der Waals surface area contributed by atoms with Gasteiger partial charge in [0.2, 0.25) is 0 Å². The van der Waals surface area contributed by atoms with Crippen LogP contribution < -0.4 is 25.6 Å². The molecule has 2 amide bonds. The summed E-state index contributed by atoms with van der Waals surface area (Å²) in [6, 6.07) is 15.2. The number of dihydropyridines is 1. The van der Waals surface area contributed by atoms with Crippen LogP contribution in [0, 0.1) is 6.92 Å². The van der Waals surface area contributed by atoms with Crippen molar-refractivity contribution in [2.45, 2.75) is 33.1 Å². The number of allylic oxidation sites excluding steroid dienone is 3. The molecule has 0 saturated carbocycles. The molecule has 0 spiro atoms. The summed E-state index contributed by atoms with van der Waals surface area (Å²) in [4.78, 5) is 35.0. The highest BCUT2D eigenvalue weighted by atomic mass is 35.5. The zero-order valence-electron chi connectivity index (χ0n) is 26.9. The molecule has 5 rings (SSSR count). The van der Waals surface area contributed by atoms with Gasteiger partial charge in [0, 0.05) is 55.4 Å². The molecule has 46 heavy (non-hydrogen) atoms. The summed E-state index contributed by atoms with van der Waals surface area (Å²) in [5, 5.41) is 13.1. The summed E-state index contributed by atoms with van der Waals surface area (Å²) in [6.45, 7) is 10.7. The first-order valence-electron chi connectivity index (χ1n) is 15.1. The highest BCUT2D eigenvalue weighted by Crippen LogP contribution is 2.43. The number of anilines is 2. The highest BCUT2D eigenvalue weighted by molar-refractivity contribution is 5.97. The molecule has 0 radical (unpaired) electrons. The summed E-state index contributed by atoms with van der Waals surface area (Å²) in [5.41, 5.74) is 5.05. The van der Waals surface area contributed by atoms with Gasteiger partial charge in [-0.25, -0.2) is 9.59 Å². The van der Waals surface area contributed by atoms with Crippen LogP contribution in [-0.2, 0) is 9.53 Å². The van der Waals surface area contributed by atoms with Gasteiger partial charge in [-0.05, 0) is 63.6 Å². The van der Waals surface area contributed by atoms with Crippen LogP contribution in [0.5, 0.6) is 5.75 Å². The Morgan fingerprint density at radius 2 is 1.78 bits per heavy atom. The van der Waals surface area contributed by atoms with E-state index in [1.54, 1.807) is 14.0 Å². The molecule has 3 heterocycles. The first-order chi connectivity index (χ1) is 21.8. The number of hydrogen-bond acceptors (Lipinski definition) is 10. The minimum absolute atomic E-state index is 0. The molecular weight excluding hydrogens is 610 g/mol. The number of halogens is 1. The number of aromatic nitrogens is 2. The fourth-order valence-corrected chi connectivity index (χ4v) is 5.98. The molecule has 1 aromatic heterocycles. The van der Waals surface area contributed by atoms with Crippen molar-refractivity contribution < 1.29 is 23.6 Å². The number of nitrogens with zero attached hydrogens (tertiary/aromatic N) is 4. The van der Waals surface area contributed by atoms with Crippen LogP contribution in [0.25, 0.3) is 5.57 Å². The number of hydrogen-bond donors (Lipinski definition) is 3. The van der Waals surface area contributed by atoms with Crippen molar-refractivity contribution in [3.8, 4) is 5.75 Å². The first-order valence-corrected chi connectivity index (χ1v) is 15.1. The maximum absolute atomic E-state index is 13.0. The maximum Gasteiger partial charge on any atom is 0.336 e. The number of methoxy groups -OCH3 is 2. The maximum atomic E-state index is 13.0. The molecule has 13 heteroatoms. The van der Waals surface area contributed by atoms with Crippen LogP contribution in [0.15, 0.2) is 70.0 Å². The van der Waals surface area contributed by atoms with Crippen LogP contribution in [0.1, 0.15) is 43.5 Å². The summed E-state index contributed by atoms with van der Waals surface area (Å²) < 4.78 is 16.2. The number of carbonyl (C=O) groups excluding carboxylic acids is 2. The van der Waals surface area contributed by atoms with Crippen molar-refractivity contribution in [2.75, 3.05) is 63.7 Å². The average Bonchev–Trinajstić information content (AvgIpc) is 3.48. The standard InChI is InChI=1S/C33H41N7O5.ClH/c1-21-28(31-36-23(3)38-45-31)30(29(22(2)35-21)32(41)44-5)24-10-8-11-25(20-24)37-33(42)34-14-9-15-39-16-18-40(19-17-39)26-12-6-7-13-27(26)43-4;/h6-8,10-13,20,30,35H,9,14-19H2,1-5H3,(H2,34,37,42);1H. The van der Waals surface area contributed by atoms with E-state index in [2.05, 4.69) is 42.0 Å². The number of para-hydroxylation sites is 2. The average molecular weight is 652 g/mol. The van der Waals surface area contributed by atoms with E-state index in [1.165, 1.54) is 7.11 Å². The van der Waals surface area contributed by atoms with Crippen molar-refractivity contribution in [2.24, 2.45) is 0 Å². The second kappa shape index (κ2) is 15.6. The molecule has 1 saturated heterocycles. The van der Waals surface area contributed by atoms with E-state index in [0.717, 1.165) is 61.8 Å². The van der Waals surface area contributed by atoms with E-state index in [1.807, 2.05) is 56.3 Å². The van der Waals surface area contributed by atoms with Crippen LogP contribution in [0.3, 0.4) is 0 Å². The van der Waals surface area contributed by atoms with Gasteiger partial charge in [0.25, 0.3) is 5.89 Å². The van der Waals surface area contributed by atoms with Crippen molar-refractivity contribution >= 4 is 41.4 Å². The van der Waals surface area contributed by atoms with Crippen LogP contribution in [0.2, 0.25) is 0 Å². The quantitative estimate of drug-likeness (QED) is 0.209. The molecule has 2 aliphatic rings. The number of amides is 2. The Labute approximate surface area is 275 Å². The van der Waals surface area contributed by atoms with Crippen molar-refractivity contribution in [3.63, 3.8) is 0 Å². The van der Waals surface area contributed by atoms with Crippen LogP contribution in [-0.4, -0.2) is 80.5 Å². The third-order valence-corrected chi connectivity index (χ3v) is 8.14. The molecule has 246 valence electrons. The van der Waals surface area contributed by atoms with E-state index in [9.17, 15) is 9.59 Å². The third-order valence-electron chi connectivity index (χ3n) is 8.14. The topological polar surface area (TPSA) is 134 Å². The van der Waals surface area contributed by atoms with Gasteiger partial charge in [-0.2, -0.15) is 4.98 Å². The normalized spacial score (nSPS) is 16.8. The van der Waals surface area contributed by atoms with Crippen LogP contribution in [0.4, 0.5) is 16.2 Å². The Bertz CT molecular complexity index is 1600. The Kier molecular flexibility index (Phi) is 11.7. The van der Waals surface area contributed by atoms with E-state index < -0.39 is 11.9 Å². The van der Waals surface area contributed by atoms with Gasteiger partial charge in [-0.3, -0.25) is 4.90 Å². The number of benzene rings is 2. The van der Waals surface area contributed by atoms with Crippen LogP contribution >= 0.6 is 12.4 Å². The minimum Gasteiger partial charge on any atom is -0.495 e. The van der Waals surface area contributed by atoms with E-state index in [0.29, 0.717) is 40.8 Å². The zero-order valence-corrected chi connectivity index (χ0v) is 27.7. The smallest absolute Gasteiger partial charge is 0.336 e.